The van der Waals surface area contributed by atoms with Crippen molar-refractivity contribution < 1.29 is 4.74 Å². The van der Waals surface area contributed by atoms with E-state index in [9.17, 15) is 0 Å². The maximum Gasteiger partial charge on any atom is 0.205 e. The summed E-state index contributed by atoms with van der Waals surface area (Å²) in [5.74, 6) is 2.35. The first-order valence-electron chi connectivity index (χ1n) is 8.90. The van der Waals surface area contributed by atoms with Crippen LogP contribution in [0.25, 0.3) is 0 Å². The van der Waals surface area contributed by atoms with Gasteiger partial charge in [-0.3, -0.25) is 0 Å². The van der Waals surface area contributed by atoms with E-state index in [1.54, 1.807) is 11.8 Å². The Morgan fingerprint density at radius 2 is 2.08 bits per heavy atom. The van der Waals surface area contributed by atoms with Gasteiger partial charge < -0.3 is 4.74 Å². The van der Waals surface area contributed by atoms with Gasteiger partial charge in [-0.2, -0.15) is 0 Å². The Morgan fingerprint density at radius 3 is 2.83 bits per heavy atom. The van der Waals surface area contributed by atoms with Crippen molar-refractivity contribution in [2.75, 3.05) is 10.8 Å². The molecule has 1 saturated heterocycles. The van der Waals surface area contributed by atoms with E-state index in [2.05, 4.69) is 49.1 Å². The first-order valence-corrected chi connectivity index (χ1v) is 9.89. The molecule has 0 bridgehead atoms. The topological polar surface area (TPSA) is 52.2 Å². The predicted molar refractivity (Wildman–Crippen MR) is 102 cm³/mol. The number of nitrogens with one attached hydrogen (secondary N) is 2. The average Bonchev–Trinajstić information content (AvgIpc) is 3.19. The van der Waals surface area contributed by atoms with Crippen molar-refractivity contribution in [3.8, 4) is 0 Å². The molecule has 3 rings (SSSR count). The third-order valence-corrected chi connectivity index (χ3v) is 5.85. The fourth-order valence-corrected chi connectivity index (χ4v) is 4.18. The van der Waals surface area contributed by atoms with Crippen molar-refractivity contribution in [1.82, 2.24) is 11.1 Å². The Morgan fingerprint density at radius 1 is 1.29 bits per heavy atom. The van der Waals surface area contributed by atoms with Crippen molar-refractivity contribution in [1.29, 1.82) is 0 Å². The van der Waals surface area contributed by atoms with E-state index in [4.69, 9.17) is 4.74 Å². The van der Waals surface area contributed by atoms with Crippen LogP contribution in [0.4, 0.5) is 5.69 Å². The molecule has 1 aromatic carbocycles. The smallest absolute Gasteiger partial charge is 0.205 e. The minimum Gasteiger partial charge on any atom is -0.369 e. The summed E-state index contributed by atoms with van der Waals surface area (Å²) in [6, 6.07) is 10.2. The minimum atomic E-state index is 0.467. The van der Waals surface area contributed by atoms with Crippen molar-refractivity contribution in [3.63, 3.8) is 0 Å². The van der Waals surface area contributed by atoms with Gasteiger partial charge in [0.05, 0.1) is 17.9 Å². The molecule has 0 spiro atoms. The largest absolute Gasteiger partial charge is 0.369 e. The zero-order valence-electron chi connectivity index (χ0n) is 14.7. The number of hydrogen-bond acceptors (Lipinski definition) is 6. The molecule has 2 aliphatic rings. The monoisotopic (exact) mass is 348 g/mol. The zero-order chi connectivity index (χ0) is 16.9. The summed E-state index contributed by atoms with van der Waals surface area (Å²) in [6.07, 6.45) is 4.61. The third-order valence-electron chi connectivity index (χ3n) is 4.58. The molecule has 0 aliphatic carbocycles. The highest BCUT2D eigenvalue weighted by atomic mass is 32.2. The summed E-state index contributed by atoms with van der Waals surface area (Å²) >= 11 is 1.78. The second kappa shape index (κ2) is 8.23. The van der Waals surface area contributed by atoms with E-state index in [1.807, 2.05) is 23.2 Å². The van der Waals surface area contributed by atoms with Gasteiger partial charge in [-0.15, -0.1) is 10.6 Å². The second-order valence-corrected chi connectivity index (χ2v) is 7.83. The number of ether oxygens (including phenoxy) is 1. The predicted octanol–water partition coefficient (Wildman–Crippen LogP) is 3.75. The number of thioether (sulfide) groups is 1. The second-order valence-electron chi connectivity index (χ2n) is 6.85. The number of para-hydroxylation sites is 1. The molecular weight excluding hydrogens is 320 g/mol. The third kappa shape index (κ3) is 4.43. The van der Waals surface area contributed by atoms with Crippen LogP contribution >= 0.6 is 11.8 Å². The molecule has 4 atom stereocenters. The lowest BCUT2D eigenvalue weighted by molar-refractivity contribution is 0.307. The number of hydrazone groups is 1. The molecule has 0 amide bonds. The van der Waals surface area contributed by atoms with Gasteiger partial charge in [0.15, 0.2) is 0 Å². The number of hydrazine groups is 2. The Bertz CT molecular complexity index is 553. The van der Waals surface area contributed by atoms with E-state index in [0.29, 0.717) is 24.0 Å². The van der Waals surface area contributed by atoms with Gasteiger partial charge in [0.2, 0.25) is 5.17 Å². The van der Waals surface area contributed by atoms with Crippen LogP contribution in [0, 0.1) is 11.8 Å². The fraction of sp³-hybridized carbons (Fsp3) is 0.611. The van der Waals surface area contributed by atoms with Crippen LogP contribution in [-0.2, 0) is 4.74 Å². The summed E-state index contributed by atoms with van der Waals surface area (Å²) in [6.45, 7) is 6.87. The molecule has 6 heteroatoms. The average molecular weight is 349 g/mol. The van der Waals surface area contributed by atoms with Gasteiger partial charge in [0, 0.05) is 5.75 Å². The fourth-order valence-electron chi connectivity index (χ4n) is 3.22. The number of nitrogens with zero attached hydrogens (tertiary/aromatic N) is 2. The molecule has 2 aliphatic heterocycles. The standard InChI is InChI=1S/C18H28N4OS/c1-4-8-14(3)17-16(23-17)11-13(2)12-24-18-19-20-21-22(18)15-9-6-5-7-10-15/h5-7,9-10,13-14,16-17,20-21H,4,8,11-12H2,1-3H3/t13?,14-,16?,17?/m1/s1. The van der Waals surface area contributed by atoms with Crippen LogP contribution in [0.2, 0.25) is 0 Å². The summed E-state index contributed by atoms with van der Waals surface area (Å²) in [7, 11) is 0. The van der Waals surface area contributed by atoms with Crippen molar-refractivity contribution in [2.45, 2.75) is 52.2 Å². The van der Waals surface area contributed by atoms with Gasteiger partial charge in [0.1, 0.15) is 0 Å². The van der Waals surface area contributed by atoms with E-state index >= 15 is 0 Å². The highest BCUT2D eigenvalue weighted by Gasteiger charge is 2.42. The maximum atomic E-state index is 5.89. The number of rotatable bonds is 8. The molecule has 2 heterocycles. The van der Waals surface area contributed by atoms with E-state index in [0.717, 1.165) is 23.0 Å². The summed E-state index contributed by atoms with van der Waals surface area (Å²) in [5, 5.41) is 7.28. The minimum absolute atomic E-state index is 0.467. The van der Waals surface area contributed by atoms with Crippen LogP contribution in [0.1, 0.15) is 40.0 Å². The van der Waals surface area contributed by atoms with Gasteiger partial charge in [-0.05, 0) is 36.8 Å². The van der Waals surface area contributed by atoms with Gasteiger partial charge in [-0.1, -0.05) is 57.2 Å². The molecule has 0 aromatic heterocycles. The van der Waals surface area contributed by atoms with E-state index < -0.39 is 0 Å². The molecule has 5 nitrogen and oxygen atoms in total. The lowest BCUT2D eigenvalue weighted by atomic mass is 9.96. The summed E-state index contributed by atoms with van der Waals surface area (Å²) in [5.41, 5.74) is 7.01. The van der Waals surface area contributed by atoms with Gasteiger partial charge in [-0.25, -0.2) is 10.5 Å². The molecule has 0 radical (unpaired) electrons. The van der Waals surface area contributed by atoms with Crippen LogP contribution in [0.3, 0.4) is 0 Å². The van der Waals surface area contributed by atoms with Crippen LogP contribution in [0.5, 0.6) is 0 Å². The summed E-state index contributed by atoms with van der Waals surface area (Å²) < 4.78 is 5.89. The molecule has 0 saturated carbocycles. The number of epoxide rings is 1. The normalized spacial score (nSPS) is 25.1. The molecule has 1 fully saturated rings. The summed E-state index contributed by atoms with van der Waals surface area (Å²) in [4.78, 5) is 0. The Labute approximate surface area is 149 Å². The van der Waals surface area contributed by atoms with Crippen LogP contribution < -0.4 is 16.1 Å². The molecule has 3 unspecified atom stereocenters. The van der Waals surface area contributed by atoms with E-state index in [1.165, 1.54) is 12.8 Å². The lowest BCUT2D eigenvalue weighted by Crippen LogP contribution is -2.40. The molecule has 1 aromatic rings. The van der Waals surface area contributed by atoms with Gasteiger partial charge in [0.25, 0.3) is 0 Å². The molecule has 2 N–H and O–H groups in total. The number of anilines is 1. The van der Waals surface area contributed by atoms with Gasteiger partial charge >= 0.3 is 0 Å². The van der Waals surface area contributed by atoms with Crippen molar-refractivity contribution >= 4 is 22.6 Å². The van der Waals surface area contributed by atoms with Crippen LogP contribution in [0.15, 0.2) is 35.4 Å². The van der Waals surface area contributed by atoms with Crippen molar-refractivity contribution in [2.24, 2.45) is 16.9 Å². The zero-order valence-corrected chi connectivity index (χ0v) is 15.6. The maximum absolute atomic E-state index is 5.89. The Balaban J connectivity index is 1.43. The highest BCUT2D eigenvalue weighted by Crippen LogP contribution is 2.36. The first-order chi connectivity index (χ1) is 11.7. The molecule has 132 valence electrons. The van der Waals surface area contributed by atoms with Crippen LogP contribution in [-0.4, -0.2) is 23.1 Å². The quantitative estimate of drug-likeness (QED) is 0.701. The number of amidine groups is 1. The number of hydrogen-bond donors (Lipinski definition) is 2. The molecule has 24 heavy (non-hydrogen) atoms. The van der Waals surface area contributed by atoms with Crippen molar-refractivity contribution in [3.05, 3.63) is 30.3 Å². The SMILES string of the molecule is CCC[C@@H](C)C1OC1CC(C)CSC1=NNNN1c1ccccc1. The highest BCUT2D eigenvalue weighted by molar-refractivity contribution is 8.14. The first kappa shape index (κ1) is 17.6. The Hall–Kier alpha value is -1.24. The van der Waals surface area contributed by atoms with E-state index in [-0.39, 0.29) is 0 Å². The molecular formula is C18H28N4OS. The lowest BCUT2D eigenvalue weighted by Gasteiger charge is -2.19. The Kier molecular flexibility index (Phi) is 6.03. The number of benzene rings is 1.